The summed E-state index contributed by atoms with van der Waals surface area (Å²) in [5.74, 6) is 1.66. The molecule has 1 heterocycles. The van der Waals surface area contributed by atoms with Crippen molar-refractivity contribution in [2.24, 2.45) is 0 Å². The molecular formula is C17H22N2O2. The van der Waals surface area contributed by atoms with E-state index in [2.05, 4.69) is 31.3 Å². The molecule has 1 aromatic carbocycles. The lowest BCUT2D eigenvalue weighted by molar-refractivity contribution is 0.132. The molecule has 1 aliphatic heterocycles. The number of ether oxygens (including phenoxy) is 2. The van der Waals surface area contributed by atoms with E-state index in [-0.39, 0.29) is 11.6 Å². The zero-order chi connectivity index (χ0) is 14.9. The van der Waals surface area contributed by atoms with E-state index in [0.717, 1.165) is 17.9 Å². The van der Waals surface area contributed by atoms with E-state index in [1.165, 1.54) is 18.4 Å². The molecule has 1 atom stereocenters. The van der Waals surface area contributed by atoms with Crippen molar-refractivity contribution in [2.75, 3.05) is 6.61 Å². The number of nitrogens with zero attached hydrogens (tertiary/aromatic N) is 1. The number of benzene rings is 1. The number of hydrogen-bond donors (Lipinski definition) is 1. The van der Waals surface area contributed by atoms with Gasteiger partial charge in [0.2, 0.25) is 0 Å². The van der Waals surface area contributed by atoms with Gasteiger partial charge in [-0.05, 0) is 32.8 Å². The van der Waals surface area contributed by atoms with E-state index >= 15 is 0 Å². The average molecular weight is 286 g/mol. The number of nitriles is 1. The lowest BCUT2D eigenvalue weighted by Gasteiger charge is -2.18. The Morgan fingerprint density at radius 1 is 1.48 bits per heavy atom. The molecule has 0 radical (unpaired) electrons. The fourth-order valence-corrected chi connectivity index (χ4v) is 2.71. The van der Waals surface area contributed by atoms with Crippen LogP contribution in [0.2, 0.25) is 0 Å². The molecule has 0 bridgehead atoms. The van der Waals surface area contributed by atoms with Crippen molar-refractivity contribution < 1.29 is 9.47 Å². The van der Waals surface area contributed by atoms with Crippen molar-refractivity contribution >= 4 is 0 Å². The third kappa shape index (κ3) is 3.48. The normalized spacial score (nSPS) is 20.2. The maximum Gasteiger partial charge on any atom is 0.165 e. The van der Waals surface area contributed by atoms with Gasteiger partial charge in [-0.25, -0.2) is 0 Å². The van der Waals surface area contributed by atoms with Crippen molar-refractivity contribution in [3.05, 3.63) is 23.8 Å². The quantitative estimate of drug-likeness (QED) is 0.873. The summed E-state index contributed by atoms with van der Waals surface area (Å²) in [4.78, 5) is 0. The first-order valence-electron chi connectivity index (χ1n) is 7.67. The molecule has 1 N–H and O–H groups in total. The summed E-state index contributed by atoms with van der Waals surface area (Å²) in [5.41, 5.74) is 1.04. The highest BCUT2D eigenvalue weighted by molar-refractivity contribution is 5.50. The molecular weight excluding hydrogens is 264 g/mol. The lowest BCUT2D eigenvalue weighted by Crippen LogP contribution is -2.31. The van der Waals surface area contributed by atoms with Crippen LogP contribution in [-0.4, -0.2) is 24.3 Å². The topological polar surface area (TPSA) is 54.3 Å². The van der Waals surface area contributed by atoms with Gasteiger partial charge in [0.1, 0.15) is 5.60 Å². The summed E-state index contributed by atoms with van der Waals surface area (Å²) in [6.07, 6.45) is 3.98. The highest BCUT2D eigenvalue weighted by Gasteiger charge is 2.32. The van der Waals surface area contributed by atoms with Crippen LogP contribution in [0.3, 0.4) is 0 Å². The molecule has 0 saturated heterocycles. The van der Waals surface area contributed by atoms with E-state index in [4.69, 9.17) is 14.7 Å². The van der Waals surface area contributed by atoms with Crippen LogP contribution in [0.5, 0.6) is 11.5 Å². The Balaban J connectivity index is 1.57. The second-order valence-corrected chi connectivity index (χ2v) is 6.54. The van der Waals surface area contributed by atoms with E-state index in [1.807, 2.05) is 12.1 Å². The van der Waals surface area contributed by atoms with E-state index in [1.54, 1.807) is 0 Å². The average Bonchev–Trinajstić information content (AvgIpc) is 3.18. The molecule has 0 spiro atoms. The molecule has 4 nitrogen and oxygen atoms in total. The van der Waals surface area contributed by atoms with Gasteiger partial charge in [0, 0.05) is 24.4 Å². The summed E-state index contributed by atoms with van der Waals surface area (Å²) in [7, 11) is 0. The van der Waals surface area contributed by atoms with Gasteiger partial charge in [0.05, 0.1) is 18.7 Å². The third-order valence-corrected chi connectivity index (χ3v) is 3.89. The van der Waals surface area contributed by atoms with Crippen molar-refractivity contribution in [3.8, 4) is 17.6 Å². The summed E-state index contributed by atoms with van der Waals surface area (Å²) in [6, 6.07) is 8.76. The van der Waals surface area contributed by atoms with Crippen LogP contribution in [0.4, 0.5) is 0 Å². The Morgan fingerprint density at radius 3 is 3.00 bits per heavy atom. The maximum atomic E-state index is 9.13. The van der Waals surface area contributed by atoms with Crippen LogP contribution in [0.1, 0.15) is 38.7 Å². The standard InChI is InChI=1S/C17H22N2O2/c1-17(2)10-12-4-3-5-15(16(12)21-17)20-9-8-14(11-18)19-13-6-7-13/h3-5,13-14,19H,6-10H2,1-2H3. The van der Waals surface area contributed by atoms with Gasteiger partial charge in [0.15, 0.2) is 11.5 Å². The first-order chi connectivity index (χ1) is 10.1. The van der Waals surface area contributed by atoms with Gasteiger partial charge in [-0.15, -0.1) is 0 Å². The fraction of sp³-hybridized carbons (Fsp3) is 0.588. The minimum atomic E-state index is -0.162. The van der Waals surface area contributed by atoms with Gasteiger partial charge in [0.25, 0.3) is 0 Å². The molecule has 3 rings (SSSR count). The van der Waals surface area contributed by atoms with Gasteiger partial charge >= 0.3 is 0 Å². The predicted molar refractivity (Wildman–Crippen MR) is 80.5 cm³/mol. The molecule has 0 amide bonds. The van der Waals surface area contributed by atoms with Crippen LogP contribution in [0.15, 0.2) is 18.2 Å². The fourth-order valence-electron chi connectivity index (χ4n) is 2.71. The van der Waals surface area contributed by atoms with Crippen molar-refractivity contribution in [1.82, 2.24) is 5.32 Å². The first-order valence-corrected chi connectivity index (χ1v) is 7.67. The van der Waals surface area contributed by atoms with E-state index in [9.17, 15) is 0 Å². The Kier molecular flexibility index (Phi) is 3.77. The molecule has 1 unspecified atom stereocenters. The van der Waals surface area contributed by atoms with Crippen LogP contribution in [0, 0.1) is 11.3 Å². The van der Waals surface area contributed by atoms with E-state index in [0.29, 0.717) is 19.1 Å². The second-order valence-electron chi connectivity index (χ2n) is 6.54. The monoisotopic (exact) mass is 286 g/mol. The van der Waals surface area contributed by atoms with Gasteiger partial charge < -0.3 is 9.47 Å². The van der Waals surface area contributed by atoms with Crippen LogP contribution >= 0.6 is 0 Å². The van der Waals surface area contributed by atoms with Gasteiger partial charge in [-0.2, -0.15) is 5.26 Å². The molecule has 4 heteroatoms. The SMILES string of the molecule is CC1(C)Cc2cccc(OCCC(C#N)NC3CC3)c2O1. The number of fused-ring (bicyclic) bond motifs is 1. The highest BCUT2D eigenvalue weighted by atomic mass is 16.5. The highest BCUT2D eigenvalue weighted by Crippen LogP contribution is 2.41. The number of nitrogens with one attached hydrogen (secondary N) is 1. The summed E-state index contributed by atoms with van der Waals surface area (Å²) < 4.78 is 11.8. The molecule has 21 heavy (non-hydrogen) atoms. The van der Waals surface area contributed by atoms with Gasteiger partial charge in [-0.3, -0.25) is 5.32 Å². The zero-order valence-electron chi connectivity index (χ0n) is 12.7. The first kappa shape index (κ1) is 14.2. The minimum Gasteiger partial charge on any atom is -0.490 e. The second kappa shape index (κ2) is 5.57. The van der Waals surface area contributed by atoms with Crippen molar-refractivity contribution in [3.63, 3.8) is 0 Å². The van der Waals surface area contributed by atoms with Gasteiger partial charge in [-0.1, -0.05) is 12.1 Å². The van der Waals surface area contributed by atoms with Crippen molar-refractivity contribution in [1.29, 1.82) is 5.26 Å². The molecule has 1 aliphatic carbocycles. The molecule has 2 aliphatic rings. The molecule has 112 valence electrons. The summed E-state index contributed by atoms with van der Waals surface area (Å²) >= 11 is 0. The number of rotatable bonds is 6. The molecule has 0 aromatic heterocycles. The number of para-hydroxylation sites is 1. The predicted octanol–water partition coefficient (Wildman–Crippen LogP) is 2.81. The molecule has 1 saturated carbocycles. The molecule has 1 fully saturated rings. The lowest BCUT2D eigenvalue weighted by atomic mass is 10.0. The summed E-state index contributed by atoms with van der Waals surface area (Å²) in [5, 5.41) is 12.5. The third-order valence-electron chi connectivity index (χ3n) is 3.89. The molecule has 1 aromatic rings. The Labute approximate surface area is 126 Å². The smallest absolute Gasteiger partial charge is 0.165 e. The minimum absolute atomic E-state index is 0.119. The Morgan fingerprint density at radius 2 is 2.29 bits per heavy atom. The van der Waals surface area contributed by atoms with Crippen LogP contribution in [0.25, 0.3) is 0 Å². The largest absolute Gasteiger partial charge is 0.490 e. The Hall–Kier alpha value is -1.73. The van der Waals surface area contributed by atoms with Crippen LogP contribution < -0.4 is 14.8 Å². The Bertz CT molecular complexity index is 558. The van der Waals surface area contributed by atoms with Crippen LogP contribution in [-0.2, 0) is 6.42 Å². The number of hydrogen-bond acceptors (Lipinski definition) is 4. The van der Waals surface area contributed by atoms with Crippen molar-refractivity contribution in [2.45, 2.75) is 57.2 Å². The summed E-state index contributed by atoms with van der Waals surface area (Å²) in [6.45, 7) is 4.70. The van der Waals surface area contributed by atoms with E-state index < -0.39 is 0 Å². The maximum absolute atomic E-state index is 9.13. The zero-order valence-corrected chi connectivity index (χ0v) is 12.7.